The molecular weight excluding hydrogens is 392 g/mol. The number of hydrazine groups is 1. The van der Waals surface area contributed by atoms with Crippen LogP contribution in [0.1, 0.15) is 0 Å². The molecule has 0 atom stereocenters. The number of amides is 1. The van der Waals surface area contributed by atoms with Gasteiger partial charge in [-0.2, -0.15) is 31.8 Å². The van der Waals surface area contributed by atoms with Crippen LogP contribution < -0.4 is 20.9 Å². The fourth-order valence-electron chi connectivity index (χ4n) is 2.07. The molecule has 0 aliphatic carbocycles. The lowest BCUT2D eigenvalue weighted by Crippen LogP contribution is -2.76. The molecule has 0 aliphatic heterocycles. The van der Waals surface area contributed by atoms with Crippen molar-refractivity contribution in [1.29, 1.82) is 0 Å². The van der Waals surface area contributed by atoms with Crippen molar-refractivity contribution >= 4 is 11.6 Å². The summed E-state index contributed by atoms with van der Waals surface area (Å²) in [5, 5.41) is 0.963. The van der Waals surface area contributed by atoms with Crippen LogP contribution in [0.4, 0.5) is 32.0 Å². The number of anilines is 1. The van der Waals surface area contributed by atoms with Gasteiger partial charge in [-0.3, -0.25) is 4.79 Å². The first-order chi connectivity index (χ1) is 13.1. The Morgan fingerprint density at radius 3 is 1.82 bits per heavy atom. The standard InChI is InChI=1S/C17H15F6N3O2/c18-16(19,20)15(17(21,22)23,26-25-12-7-3-1-4-8-12)24-14(27)11-28-13-9-5-2-6-10-13/h1-10,25-26H,11H2,(H,24,27). The number of benzene rings is 2. The third kappa shape index (κ3) is 5.06. The van der Waals surface area contributed by atoms with Crippen LogP contribution in [0.5, 0.6) is 5.75 Å². The zero-order valence-electron chi connectivity index (χ0n) is 14.1. The van der Waals surface area contributed by atoms with Gasteiger partial charge in [0.2, 0.25) is 0 Å². The van der Waals surface area contributed by atoms with E-state index in [4.69, 9.17) is 4.74 Å². The van der Waals surface area contributed by atoms with Crippen molar-refractivity contribution in [2.45, 2.75) is 18.0 Å². The number of rotatable bonds is 7. The largest absolute Gasteiger partial charge is 0.484 e. The highest BCUT2D eigenvalue weighted by Gasteiger charge is 2.72. The first-order valence-electron chi connectivity index (χ1n) is 7.76. The molecule has 2 rings (SSSR count). The maximum atomic E-state index is 13.4. The zero-order chi connectivity index (χ0) is 20.8. The van der Waals surface area contributed by atoms with Crippen molar-refractivity contribution < 1.29 is 35.9 Å². The maximum Gasteiger partial charge on any atom is 0.436 e. The molecule has 0 saturated carbocycles. The van der Waals surface area contributed by atoms with Crippen LogP contribution in [-0.4, -0.2) is 30.5 Å². The molecule has 0 fully saturated rings. The molecule has 0 aromatic heterocycles. The molecule has 5 nitrogen and oxygen atoms in total. The molecule has 3 N–H and O–H groups in total. The molecule has 0 aliphatic rings. The molecule has 0 unspecified atom stereocenters. The van der Waals surface area contributed by atoms with Gasteiger partial charge in [-0.1, -0.05) is 36.4 Å². The number of carbonyl (C=O) groups is 1. The molecule has 1 amide bonds. The lowest BCUT2D eigenvalue weighted by atomic mass is 10.1. The van der Waals surface area contributed by atoms with Crippen molar-refractivity contribution in [1.82, 2.24) is 10.7 Å². The fourth-order valence-corrected chi connectivity index (χ4v) is 2.07. The summed E-state index contributed by atoms with van der Waals surface area (Å²) in [7, 11) is 0. The Morgan fingerprint density at radius 1 is 0.821 bits per heavy atom. The predicted molar refractivity (Wildman–Crippen MR) is 88.1 cm³/mol. The summed E-state index contributed by atoms with van der Waals surface area (Å²) in [6, 6.07) is 14.3. The third-order valence-electron chi connectivity index (χ3n) is 3.46. The Hall–Kier alpha value is -2.95. The monoisotopic (exact) mass is 407 g/mol. The minimum Gasteiger partial charge on any atom is -0.484 e. The highest BCUT2D eigenvalue weighted by Crippen LogP contribution is 2.41. The molecule has 0 radical (unpaired) electrons. The van der Waals surface area contributed by atoms with Crippen LogP contribution in [0, 0.1) is 0 Å². The Labute approximate surface area is 155 Å². The van der Waals surface area contributed by atoms with Crippen LogP contribution in [0.3, 0.4) is 0 Å². The summed E-state index contributed by atoms with van der Waals surface area (Å²) in [6.07, 6.45) is -11.8. The van der Waals surface area contributed by atoms with Gasteiger partial charge in [0.1, 0.15) is 5.75 Å². The highest BCUT2D eigenvalue weighted by molar-refractivity contribution is 5.78. The molecular formula is C17H15F6N3O2. The highest BCUT2D eigenvalue weighted by atomic mass is 19.4. The molecule has 0 bridgehead atoms. The molecule has 0 heterocycles. The molecule has 152 valence electrons. The topological polar surface area (TPSA) is 62.4 Å². The minimum atomic E-state index is -5.92. The van der Waals surface area contributed by atoms with Gasteiger partial charge in [0.25, 0.3) is 5.91 Å². The van der Waals surface area contributed by atoms with Crippen molar-refractivity contribution in [3.05, 3.63) is 60.7 Å². The number of hydrogen-bond donors (Lipinski definition) is 3. The summed E-state index contributed by atoms with van der Waals surface area (Å²) in [5.41, 5.74) is -1.81. The van der Waals surface area contributed by atoms with Crippen LogP contribution in [-0.2, 0) is 4.79 Å². The van der Waals surface area contributed by atoms with Crippen molar-refractivity contribution in [3.63, 3.8) is 0 Å². The number of nitrogens with one attached hydrogen (secondary N) is 3. The molecule has 0 spiro atoms. The van der Waals surface area contributed by atoms with Gasteiger partial charge in [-0.15, -0.1) is 0 Å². The minimum absolute atomic E-state index is 0.0739. The Bertz CT molecular complexity index is 752. The lowest BCUT2D eigenvalue weighted by Gasteiger charge is -2.38. The van der Waals surface area contributed by atoms with E-state index in [-0.39, 0.29) is 11.4 Å². The number of alkyl halides is 6. The van der Waals surface area contributed by atoms with Crippen molar-refractivity contribution in [2.24, 2.45) is 0 Å². The van der Waals surface area contributed by atoms with Crippen molar-refractivity contribution in [3.8, 4) is 5.75 Å². The van der Waals surface area contributed by atoms with E-state index in [0.29, 0.717) is 0 Å². The lowest BCUT2D eigenvalue weighted by molar-refractivity contribution is -0.314. The van der Waals surface area contributed by atoms with E-state index in [2.05, 4.69) is 0 Å². The summed E-state index contributed by atoms with van der Waals surface area (Å²) in [5.74, 6) is -1.52. The van der Waals surface area contributed by atoms with Gasteiger partial charge >= 0.3 is 18.0 Å². The van der Waals surface area contributed by atoms with Gasteiger partial charge in [-0.05, 0) is 24.3 Å². The second kappa shape index (κ2) is 8.38. The predicted octanol–water partition coefficient (Wildman–Crippen LogP) is 3.62. The maximum absolute atomic E-state index is 13.4. The number of carbonyl (C=O) groups excluding carboxylic acids is 1. The van der Waals surface area contributed by atoms with Gasteiger partial charge in [0.05, 0.1) is 0 Å². The average Bonchev–Trinajstić information content (AvgIpc) is 2.63. The first-order valence-corrected chi connectivity index (χ1v) is 7.76. The second-order valence-corrected chi connectivity index (χ2v) is 5.51. The number of ether oxygens (including phenoxy) is 1. The molecule has 28 heavy (non-hydrogen) atoms. The molecule has 11 heteroatoms. The summed E-state index contributed by atoms with van der Waals surface area (Å²) in [6.45, 7) is -1.05. The second-order valence-electron chi connectivity index (χ2n) is 5.51. The number of halogens is 6. The SMILES string of the molecule is O=C(COc1ccccc1)NC(NNc1ccccc1)(C(F)(F)F)C(F)(F)F. The molecule has 2 aromatic rings. The first kappa shape index (κ1) is 21.4. The van der Waals surface area contributed by atoms with E-state index in [1.54, 1.807) is 6.07 Å². The van der Waals surface area contributed by atoms with Gasteiger partial charge < -0.3 is 15.5 Å². The van der Waals surface area contributed by atoms with Gasteiger partial charge in [0.15, 0.2) is 6.61 Å². The Morgan fingerprint density at radius 2 is 1.32 bits per heavy atom. The summed E-state index contributed by atoms with van der Waals surface area (Å²) < 4.78 is 85.4. The van der Waals surface area contributed by atoms with Crippen LogP contribution in [0.2, 0.25) is 0 Å². The smallest absolute Gasteiger partial charge is 0.436 e. The van der Waals surface area contributed by atoms with E-state index in [1.807, 2.05) is 5.43 Å². The number of para-hydroxylation sites is 2. The summed E-state index contributed by atoms with van der Waals surface area (Å²) in [4.78, 5) is 11.8. The Kier molecular flexibility index (Phi) is 6.39. The van der Waals surface area contributed by atoms with Crippen LogP contribution in [0.25, 0.3) is 0 Å². The van der Waals surface area contributed by atoms with E-state index in [0.717, 1.165) is 5.32 Å². The average molecular weight is 407 g/mol. The zero-order valence-corrected chi connectivity index (χ0v) is 14.1. The van der Waals surface area contributed by atoms with Gasteiger partial charge in [-0.25, -0.2) is 0 Å². The third-order valence-corrected chi connectivity index (χ3v) is 3.46. The molecule has 2 aromatic carbocycles. The summed E-state index contributed by atoms with van der Waals surface area (Å²) >= 11 is 0. The fraction of sp³-hybridized carbons (Fsp3) is 0.235. The van der Waals surface area contributed by atoms with E-state index < -0.39 is 30.5 Å². The van der Waals surface area contributed by atoms with Gasteiger partial charge in [0, 0.05) is 5.69 Å². The quantitative estimate of drug-likeness (QED) is 0.373. The van der Waals surface area contributed by atoms with E-state index in [1.165, 1.54) is 60.0 Å². The van der Waals surface area contributed by atoms with Crippen LogP contribution in [0.15, 0.2) is 60.7 Å². The van der Waals surface area contributed by atoms with Crippen LogP contribution >= 0.6 is 0 Å². The molecule has 0 saturated heterocycles. The van der Waals surface area contributed by atoms with E-state index >= 15 is 0 Å². The normalized spacial score (nSPS) is 12.4. The number of hydrogen-bond acceptors (Lipinski definition) is 4. The van der Waals surface area contributed by atoms with Crippen molar-refractivity contribution in [2.75, 3.05) is 12.0 Å². The van der Waals surface area contributed by atoms with E-state index in [9.17, 15) is 31.1 Å². The Balaban J connectivity index is 2.20.